The molecule has 2 aromatic rings. The zero-order chi connectivity index (χ0) is 24.8. The molecule has 2 amide bonds. The number of nitrogens with zero attached hydrogens (tertiary/aromatic N) is 4. The van der Waals surface area contributed by atoms with E-state index in [0.717, 1.165) is 0 Å². The number of hydrogen-bond donors (Lipinski definition) is 0. The van der Waals surface area contributed by atoms with Gasteiger partial charge in [-0.05, 0) is 12.1 Å². The second-order valence-corrected chi connectivity index (χ2v) is 7.76. The molecule has 0 aliphatic carbocycles. The van der Waals surface area contributed by atoms with Crippen LogP contribution in [0.2, 0.25) is 0 Å². The first-order chi connectivity index (χ1) is 16.2. The Morgan fingerprint density at radius 1 is 0.794 bits per heavy atom. The number of para-hydroxylation sites is 2. The number of likely N-dealkylation sites (N-methyl/N-ethyl adjacent to an activating group) is 2. The molecule has 168 valence electrons. The van der Waals surface area contributed by atoms with Crippen molar-refractivity contribution in [3.05, 3.63) is 84.0 Å². The van der Waals surface area contributed by atoms with Crippen LogP contribution in [0, 0.1) is 22.7 Å². The Morgan fingerprint density at radius 2 is 1.15 bits per heavy atom. The molecule has 0 spiro atoms. The van der Waals surface area contributed by atoms with Crippen LogP contribution in [0.1, 0.15) is 11.1 Å². The number of rotatable bonds is 4. The molecule has 4 rings (SSSR count). The molecule has 0 aromatic heterocycles. The fourth-order valence-corrected chi connectivity index (χ4v) is 4.38. The average Bonchev–Trinajstić information content (AvgIpc) is 3.20. The highest BCUT2D eigenvalue weighted by molar-refractivity contribution is 6.11. The smallest absolute Gasteiger partial charge is 0.407 e. The van der Waals surface area contributed by atoms with Crippen molar-refractivity contribution in [3.63, 3.8) is 0 Å². The minimum absolute atomic E-state index is 0.217. The molecule has 0 fully saturated rings. The maximum atomic E-state index is 13.3. The highest BCUT2D eigenvalue weighted by Crippen LogP contribution is 2.49. The van der Waals surface area contributed by atoms with Gasteiger partial charge in [-0.2, -0.15) is 10.5 Å². The molecule has 2 heterocycles. The van der Waals surface area contributed by atoms with E-state index in [2.05, 4.69) is 13.2 Å². The molecular formula is C25H18N4O5. The van der Waals surface area contributed by atoms with Crippen LogP contribution < -0.4 is 9.80 Å². The third-order valence-corrected chi connectivity index (χ3v) is 6.09. The largest absolute Gasteiger partial charge is 0.511 e. The topological polar surface area (TPSA) is 124 Å². The van der Waals surface area contributed by atoms with Crippen molar-refractivity contribution in [2.45, 2.75) is 11.2 Å². The predicted molar refractivity (Wildman–Crippen MR) is 120 cm³/mol. The van der Waals surface area contributed by atoms with Crippen molar-refractivity contribution in [1.29, 1.82) is 10.5 Å². The Hall–Kier alpha value is -4.89. The number of fused-ring (bicyclic) bond motifs is 2. The molecule has 0 saturated heterocycles. The van der Waals surface area contributed by atoms with E-state index in [9.17, 15) is 24.9 Å². The second-order valence-electron chi connectivity index (χ2n) is 7.76. The third-order valence-electron chi connectivity index (χ3n) is 6.09. The Balaban J connectivity index is 1.82. The standard InChI is InChI=1S/C25H18N4O5/c1-15(13-26)24(17-9-5-7-11-19(17)28(3)21(24)30)33-23(32)34-25(16(2)14-27)18-10-6-8-12-20(18)29(4)22(25)31/h5-12H,1-2H2,3-4H3. The van der Waals surface area contributed by atoms with Gasteiger partial charge in [0.2, 0.25) is 0 Å². The Labute approximate surface area is 195 Å². The molecule has 0 saturated carbocycles. The molecule has 34 heavy (non-hydrogen) atoms. The van der Waals surface area contributed by atoms with Crippen LogP contribution in [0.4, 0.5) is 16.2 Å². The molecule has 0 bridgehead atoms. The van der Waals surface area contributed by atoms with Crippen LogP contribution in [0.3, 0.4) is 0 Å². The minimum Gasteiger partial charge on any atom is -0.407 e. The lowest BCUT2D eigenvalue weighted by atomic mass is 9.88. The molecule has 0 N–H and O–H groups in total. The zero-order valence-electron chi connectivity index (χ0n) is 18.4. The average molecular weight is 454 g/mol. The van der Waals surface area contributed by atoms with Gasteiger partial charge in [0.1, 0.15) is 0 Å². The SMILES string of the molecule is C=C(C#N)C1(OC(=O)OC2(C(=C)C#N)C(=O)N(C)c3ccccc32)C(=O)N(C)c2ccccc21. The van der Waals surface area contributed by atoms with E-state index in [1.165, 1.54) is 36.0 Å². The third kappa shape index (κ3) is 2.68. The van der Waals surface area contributed by atoms with Crippen LogP contribution in [0.25, 0.3) is 0 Å². The zero-order valence-corrected chi connectivity index (χ0v) is 18.4. The van der Waals surface area contributed by atoms with Crippen molar-refractivity contribution < 1.29 is 23.9 Å². The summed E-state index contributed by atoms with van der Waals surface area (Å²) in [4.78, 5) is 42.3. The van der Waals surface area contributed by atoms with Gasteiger partial charge < -0.3 is 19.3 Å². The Bertz CT molecular complexity index is 1280. The van der Waals surface area contributed by atoms with Crippen molar-refractivity contribution in [2.24, 2.45) is 0 Å². The first-order valence-corrected chi connectivity index (χ1v) is 10.0. The Kier molecular flexibility index (Phi) is 4.99. The second kappa shape index (κ2) is 7.61. The molecule has 2 atom stereocenters. The van der Waals surface area contributed by atoms with Crippen LogP contribution in [-0.2, 0) is 30.3 Å². The molecule has 2 aliphatic heterocycles. The summed E-state index contributed by atoms with van der Waals surface area (Å²) in [6.07, 6.45) is -1.45. The number of carbonyl (C=O) groups is 3. The van der Waals surface area contributed by atoms with Crippen molar-refractivity contribution in [1.82, 2.24) is 0 Å². The van der Waals surface area contributed by atoms with E-state index in [4.69, 9.17) is 9.47 Å². The molecule has 9 heteroatoms. The lowest BCUT2D eigenvalue weighted by Crippen LogP contribution is -2.47. The van der Waals surface area contributed by atoms with Crippen LogP contribution >= 0.6 is 0 Å². The fourth-order valence-electron chi connectivity index (χ4n) is 4.38. The molecule has 0 radical (unpaired) electrons. The summed E-state index contributed by atoms with van der Waals surface area (Å²) < 4.78 is 11.1. The van der Waals surface area contributed by atoms with Crippen LogP contribution in [0.5, 0.6) is 0 Å². The van der Waals surface area contributed by atoms with E-state index in [0.29, 0.717) is 11.4 Å². The van der Waals surface area contributed by atoms with Gasteiger partial charge in [0.05, 0.1) is 34.7 Å². The van der Waals surface area contributed by atoms with Crippen molar-refractivity contribution >= 4 is 29.3 Å². The summed E-state index contributed by atoms with van der Waals surface area (Å²) >= 11 is 0. The number of amides is 2. The Morgan fingerprint density at radius 3 is 1.50 bits per heavy atom. The normalized spacial score (nSPS) is 22.4. The molecule has 2 unspecified atom stereocenters. The maximum Gasteiger partial charge on any atom is 0.511 e. The quantitative estimate of drug-likeness (QED) is 0.514. The van der Waals surface area contributed by atoms with Gasteiger partial charge >= 0.3 is 6.16 Å². The summed E-state index contributed by atoms with van der Waals surface area (Å²) in [5.74, 6) is -1.47. The van der Waals surface area contributed by atoms with Crippen LogP contribution in [-0.4, -0.2) is 32.1 Å². The van der Waals surface area contributed by atoms with Gasteiger partial charge in [-0.1, -0.05) is 49.6 Å². The number of hydrogen-bond acceptors (Lipinski definition) is 7. The van der Waals surface area contributed by atoms with E-state index >= 15 is 0 Å². The number of anilines is 2. The van der Waals surface area contributed by atoms with Crippen LogP contribution in [0.15, 0.2) is 72.8 Å². The number of benzene rings is 2. The van der Waals surface area contributed by atoms with E-state index in [-0.39, 0.29) is 22.3 Å². The summed E-state index contributed by atoms with van der Waals surface area (Å²) in [6, 6.07) is 16.5. The van der Waals surface area contributed by atoms with Gasteiger partial charge in [0.15, 0.2) is 0 Å². The van der Waals surface area contributed by atoms with Gasteiger partial charge in [0.25, 0.3) is 23.0 Å². The molecule has 2 aliphatic rings. The lowest BCUT2D eigenvalue weighted by Gasteiger charge is -2.31. The monoisotopic (exact) mass is 454 g/mol. The van der Waals surface area contributed by atoms with E-state index < -0.39 is 29.2 Å². The molecular weight excluding hydrogens is 436 g/mol. The number of nitriles is 2. The first kappa shape index (κ1) is 22.3. The highest BCUT2D eigenvalue weighted by atomic mass is 16.7. The summed E-state index contributed by atoms with van der Waals surface area (Å²) in [5.41, 5.74) is -3.84. The summed E-state index contributed by atoms with van der Waals surface area (Å²) in [5, 5.41) is 19.2. The molecule has 9 nitrogen and oxygen atoms in total. The maximum absolute atomic E-state index is 13.3. The van der Waals surface area contributed by atoms with E-state index in [1.54, 1.807) is 48.5 Å². The fraction of sp³-hybridized carbons (Fsp3) is 0.160. The van der Waals surface area contributed by atoms with Crippen molar-refractivity contribution in [2.75, 3.05) is 23.9 Å². The van der Waals surface area contributed by atoms with E-state index in [1.807, 2.05) is 0 Å². The van der Waals surface area contributed by atoms with Gasteiger partial charge in [-0.3, -0.25) is 9.59 Å². The number of carbonyl (C=O) groups excluding carboxylic acids is 3. The molecule has 2 aromatic carbocycles. The summed E-state index contributed by atoms with van der Waals surface area (Å²) in [6.45, 7) is 7.28. The predicted octanol–water partition coefficient (Wildman–Crippen LogP) is 3.04. The number of ether oxygens (including phenoxy) is 2. The lowest BCUT2D eigenvalue weighted by molar-refractivity contribution is -0.142. The summed E-state index contributed by atoms with van der Waals surface area (Å²) in [7, 11) is 2.93. The van der Waals surface area contributed by atoms with Crippen molar-refractivity contribution in [3.8, 4) is 12.1 Å². The van der Waals surface area contributed by atoms with Gasteiger partial charge in [-0.25, -0.2) is 4.79 Å². The minimum atomic E-state index is -2.20. The van der Waals surface area contributed by atoms with Gasteiger partial charge in [-0.15, -0.1) is 0 Å². The van der Waals surface area contributed by atoms with Gasteiger partial charge in [0, 0.05) is 25.2 Å². The highest BCUT2D eigenvalue weighted by Gasteiger charge is 2.60. The first-order valence-electron chi connectivity index (χ1n) is 10.0.